The van der Waals surface area contributed by atoms with E-state index in [-0.39, 0.29) is 10.8 Å². The Balaban J connectivity index is 1.25. The molecule has 0 N–H and O–H groups in total. The van der Waals surface area contributed by atoms with Gasteiger partial charge < -0.3 is 8.83 Å². The molecule has 10 aromatic rings. The molecule has 0 fully saturated rings. The van der Waals surface area contributed by atoms with Crippen LogP contribution in [0.4, 0.5) is 0 Å². The van der Waals surface area contributed by atoms with Crippen LogP contribution in [0.3, 0.4) is 0 Å². The van der Waals surface area contributed by atoms with Crippen molar-refractivity contribution < 1.29 is 8.83 Å². The van der Waals surface area contributed by atoms with Crippen LogP contribution in [0.25, 0.3) is 99.2 Å². The van der Waals surface area contributed by atoms with E-state index in [0.717, 1.165) is 77.6 Å². The van der Waals surface area contributed by atoms with Crippen molar-refractivity contribution in [2.75, 3.05) is 0 Å². The van der Waals surface area contributed by atoms with Crippen molar-refractivity contribution in [2.24, 2.45) is 0 Å². The highest BCUT2D eigenvalue weighted by Gasteiger charge is 2.26. The Kier molecular flexibility index (Phi) is 7.04. The second-order valence-electron chi connectivity index (χ2n) is 16.9. The fraction of sp³-hybridized carbons (Fsp3) is 0.154. The Morgan fingerprint density at radius 3 is 1.07 bits per heavy atom. The summed E-state index contributed by atoms with van der Waals surface area (Å²) in [7, 11) is 0. The first kappa shape index (κ1) is 32.5. The van der Waals surface area contributed by atoms with Crippen LogP contribution in [-0.4, -0.2) is 0 Å². The van der Waals surface area contributed by atoms with Crippen LogP contribution in [0, 0.1) is 0 Å². The van der Waals surface area contributed by atoms with Gasteiger partial charge in [-0.05, 0) is 68.1 Å². The minimum absolute atomic E-state index is 0.0685. The molecule has 2 nitrogen and oxygen atoms in total. The SMILES string of the molecule is CC(C)(C)c1ccc(-c2oc3c(cc4ccc5c6oc(-c7ccc(C(C)(C)C)cc7)c(-c7ccccc7)c6cc6ccc3c4c65)c2-c2ccccc2)cc1. The molecule has 0 saturated carbocycles. The van der Waals surface area contributed by atoms with Crippen LogP contribution in [0.2, 0.25) is 0 Å². The van der Waals surface area contributed by atoms with Crippen molar-refractivity contribution in [1.29, 1.82) is 0 Å². The van der Waals surface area contributed by atoms with E-state index in [2.05, 4.69) is 187 Å². The Labute approximate surface area is 316 Å². The van der Waals surface area contributed by atoms with Gasteiger partial charge in [0.25, 0.3) is 0 Å². The summed E-state index contributed by atoms with van der Waals surface area (Å²) in [5.41, 5.74) is 11.3. The number of benzene rings is 8. The number of hydrogen-bond acceptors (Lipinski definition) is 2. The lowest BCUT2D eigenvalue weighted by molar-refractivity contribution is 0.589. The van der Waals surface area contributed by atoms with Crippen molar-refractivity contribution in [2.45, 2.75) is 52.4 Å². The second-order valence-corrected chi connectivity index (χ2v) is 16.9. The van der Waals surface area contributed by atoms with Crippen molar-refractivity contribution in [3.8, 4) is 44.9 Å². The number of hydrogen-bond donors (Lipinski definition) is 0. The zero-order valence-corrected chi connectivity index (χ0v) is 31.7. The predicted octanol–water partition coefficient (Wildman–Crippen LogP) is 15.3. The van der Waals surface area contributed by atoms with Crippen LogP contribution in [-0.2, 0) is 10.8 Å². The molecule has 262 valence electrons. The summed E-state index contributed by atoms with van der Waals surface area (Å²) < 4.78 is 14.1. The van der Waals surface area contributed by atoms with Gasteiger partial charge in [-0.2, -0.15) is 0 Å². The summed E-state index contributed by atoms with van der Waals surface area (Å²) in [4.78, 5) is 0. The zero-order valence-electron chi connectivity index (χ0n) is 31.7. The Morgan fingerprint density at radius 2 is 0.722 bits per heavy atom. The molecule has 0 radical (unpaired) electrons. The molecule has 54 heavy (non-hydrogen) atoms. The van der Waals surface area contributed by atoms with E-state index >= 15 is 0 Å². The topological polar surface area (TPSA) is 26.3 Å². The first-order valence-electron chi connectivity index (χ1n) is 19.0. The number of rotatable bonds is 4. The number of furan rings is 2. The Morgan fingerprint density at radius 1 is 0.352 bits per heavy atom. The van der Waals surface area contributed by atoms with Crippen LogP contribution >= 0.6 is 0 Å². The first-order valence-corrected chi connectivity index (χ1v) is 19.0. The number of fused-ring (bicyclic) bond motifs is 4. The molecular formula is C52H42O2. The maximum absolute atomic E-state index is 7.06. The molecule has 2 heterocycles. The minimum atomic E-state index is 0.0685. The van der Waals surface area contributed by atoms with Gasteiger partial charge in [0.1, 0.15) is 22.7 Å². The highest BCUT2D eigenvalue weighted by Crippen LogP contribution is 2.50. The third-order valence-corrected chi connectivity index (χ3v) is 11.4. The molecule has 0 atom stereocenters. The van der Waals surface area contributed by atoms with Gasteiger partial charge in [0.15, 0.2) is 0 Å². The monoisotopic (exact) mass is 698 g/mol. The quantitative estimate of drug-likeness (QED) is 0.171. The van der Waals surface area contributed by atoms with Gasteiger partial charge in [0.05, 0.1) is 0 Å². The zero-order chi connectivity index (χ0) is 36.9. The highest BCUT2D eigenvalue weighted by atomic mass is 16.3. The lowest BCUT2D eigenvalue weighted by Crippen LogP contribution is -2.10. The third-order valence-electron chi connectivity index (χ3n) is 11.4. The van der Waals surface area contributed by atoms with E-state index in [9.17, 15) is 0 Å². The Hall–Kier alpha value is -6.12. The van der Waals surface area contributed by atoms with E-state index in [1.54, 1.807) is 0 Å². The van der Waals surface area contributed by atoms with Crippen molar-refractivity contribution in [3.05, 3.63) is 157 Å². The first-order chi connectivity index (χ1) is 26.0. The fourth-order valence-electron chi connectivity index (χ4n) is 8.47. The van der Waals surface area contributed by atoms with Crippen molar-refractivity contribution in [1.82, 2.24) is 0 Å². The summed E-state index contributed by atoms with van der Waals surface area (Å²) in [6.45, 7) is 13.5. The largest absolute Gasteiger partial charge is 0.455 e. The molecule has 0 bridgehead atoms. The summed E-state index contributed by atoms with van der Waals surface area (Å²) >= 11 is 0. The summed E-state index contributed by atoms with van der Waals surface area (Å²) in [6, 6.07) is 52.9. The molecule has 0 aliphatic carbocycles. The van der Waals surface area contributed by atoms with Gasteiger partial charge >= 0.3 is 0 Å². The van der Waals surface area contributed by atoms with Crippen LogP contribution < -0.4 is 0 Å². The molecule has 0 aliphatic heterocycles. The fourth-order valence-corrected chi connectivity index (χ4v) is 8.47. The van der Waals surface area contributed by atoms with Crippen LogP contribution in [0.5, 0.6) is 0 Å². The van der Waals surface area contributed by atoms with Gasteiger partial charge in [0.2, 0.25) is 0 Å². The van der Waals surface area contributed by atoms with E-state index in [4.69, 9.17) is 8.83 Å². The lowest BCUT2D eigenvalue weighted by Gasteiger charge is -2.19. The maximum atomic E-state index is 7.06. The van der Waals surface area contributed by atoms with Gasteiger partial charge in [-0.15, -0.1) is 0 Å². The predicted molar refractivity (Wildman–Crippen MR) is 229 cm³/mol. The summed E-state index contributed by atoms with van der Waals surface area (Å²) in [6.07, 6.45) is 0. The van der Waals surface area contributed by atoms with E-state index in [0.29, 0.717) is 0 Å². The summed E-state index contributed by atoms with van der Waals surface area (Å²) in [5.74, 6) is 1.80. The molecular weight excluding hydrogens is 657 g/mol. The average Bonchev–Trinajstić information content (AvgIpc) is 3.76. The summed E-state index contributed by atoms with van der Waals surface area (Å²) in [5, 5.41) is 9.26. The molecule has 0 saturated heterocycles. The van der Waals surface area contributed by atoms with Crippen molar-refractivity contribution in [3.63, 3.8) is 0 Å². The van der Waals surface area contributed by atoms with Gasteiger partial charge in [-0.3, -0.25) is 0 Å². The standard InChI is InChI=1S/C52H42O2/c1-51(2,3)37-23-17-33(18-24-37)47-45(31-13-9-7-10-14-31)41-29-35-22-28-40-44-36(21-27-39(43(35)44)49(41)53-47)30-42-46(32-15-11-8-12-16-32)48(54-50(40)42)34-19-25-38(26-20-34)52(4,5)6/h7-30H,1-6H3. The Bertz CT molecular complexity index is 2790. The van der Waals surface area contributed by atoms with E-state index < -0.39 is 0 Å². The maximum Gasteiger partial charge on any atom is 0.143 e. The lowest BCUT2D eigenvalue weighted by atomic mass is 9.86. The van der Waals surface area contributed by atoms with E-state index in [1.807, 2.05) is 0 Å². The normalized spacial score (nSPS) is 12.6. The molecule has 8 aromatic carbocycles. The van der Waals surface area contributed by atoms with Gasteiger partial charge in [-0.25, -0.2) is 0 Å². The molecule has 2 heteroatoms. The molecule has 2 aromatic heterocycles. The highest BCUT2D eigenvalue weighted by molar-refractivity contribution is 6.33. The molecule has 0 amide bonds. The van der Waals surface area contributed by atoms with Gasteiger partial charge in [0, 0.05) is 54.6 Å². The molecule has 10 rings (SSSR count). The third kappa shape index (κ3) is 5.01. The molecule has 0 spiro atoms. The molecule has 0 unspecified atom stereocenters. The van der Waals surface area contributed by atoms with Crippen LogP contribution in [0.15, 0.2) is 154 Å². The van der Waals surface area contributed by atoms with Crippen molar-refractivity contribution >= 4 is 54.3 Å². The average molecular weight is 699 g/mol. The second kappa shape index (κ2) is 11.7. The molecule has 0 aliphatic rings. The smallest absolute Gasteiger partial charge is 0.143 e. The van der Waals surface area contributed by atoms with Crippen LogP contribution in [0.1, 0.15) is 52.7 Å². The minimum Gasteiger partial charge on any atom is -0.455 e. The van der Waals surface area contributed by atoms with Gasteiger partial charge in [-0.1, -0.05) is 163 Å². The van der Waals surface area contributed by atoms with E-state index in [1.165, 1.54) is 32.7 Å².